The molecule has 5 rings (SSSR count). The maximum atomic E-state index is 13.0. The number of rotatable bonds is 4. The molecule has 0 radical (unpaired) electrons. The summed E-state index contributed by atoms with van der Waals surface area (Å²) < 4.78 is 0. The quantitative estimate of drug-likeness (QED) is 0.418. The molecular formula is C26H21N3O. The summed E-state index contributed by atoms with van der Waals surface area (Å²) in [5.74, 6) is -0.180. The summed E-state index contributed by atoms with van der Waals surface area (Å²) in [7, 11) is 0. The zero-order chi connectivity index (χ0) is 20.5. The van der Waals surface area contributed by atoms with Crippen LogP contribution >= 0.6 is 0 Å². The van der Waals surface area contributed by atoms with Gasteiger partial charge in [0.1, 0.15) is 5.69 Å². The maximum absolute atomic E-state index is 13.0. The van der Waals surface area contributed by atoms with Crippen molar-refractivity contribution in [1.29, 1.82) is 0 Å². The largest absolute Gasteiger partial charge is 0.353 e. The maximum Gasteiger partial charge on any atom is 0.270 e. The van der Waals surface area contributed by atoms with Crippen LogP contribution in [0.2, 0.25) is 0 Å². The summed E-state index contributed by atoms with van der Waals surface area (Å²) in [4.78, 5) is 21.3. The van der Waals surface area contributed by atoms with Gasteiger partial charge in [0.2, 0.25) is 0 Å². The Kier molecular flexibility index (Phi) is 4.52. The van der Waals surface area contributed by atoms with Gasteiger partial charge in [0, 0.05) is 28.4 Å². The zero-order valence-corrected chi connectivity index (χ0v) is 16.6. The van der Waals surface area contributed by atoms with Crippen LogP contribution in [0.5, 0.6) is 0 Å². The van der Waals surface area contributed by atoms with Crippen molar-refractivity contribution in [2.75, 3.05) is 0 Å². The van der Waals surface area contributed by atoms with Crippen LogP contribution in [-0.4, -0.2) is 15.9 Å². The molecular weight excluding hydrogens is 370 g/mol. The van der Waals surface area contributed by atoms with Gasteiger partial charge in [0.25, 0.3) is 5.91 Å². The Morgan fingerprint density at radius 1 is 0.900 bits per heavy atom. The molecule has 2 aromatic heterocycles. The highest BCUT2D eigenvalue weighted by Crippen LogP contribution is 2.33. The number of carbonyl (C=O) groups excluding carboxylic acids is 1. The lowest BCUT2D eigenvalue weighted by Gasteiger charge is -2.10. The first-order valence-electron chi connectivity index (χ1n) is 10.0. The summed E-state index contributed by atoms with van der Waals surface area (Å²) in [5.41, 5.74) is 6.39. The van der Waals surface area contributed by atoms with E-state index in [0.717, 1.165) is 44.2 Å². The van der Waals surface area contributed by atoms with Gasteiger partial charge >= 0.3 is 0 Å². The Bertz CT molecular complexity index is 1370. The lowest BCUT2D eigenvalue weighted by molar-refractivity contribution is 0.0946. The molecule has 0 aliphatic rings. The molecule has 0 saturated heterocycles. The second kappa shape index (κ2) is 7.48. The smallest absolute Gasteiger partial charge is 0.270 e. The normalized spacial score (nSPS) is 11.1. The number of aromatic amines is 1. The fraction of sp³-hybridized carbons (Fsp3) is 0.0769. The van der Waals surface area contributed by atoms with Crippen LogP contribution in [0.1, 0.15) is 21.6 Å². The summed E-state index contributed by atoms with van der Waals surface area (Å²) >= 11 is 0. The average Bonchev–Trinajstić information content (AvgIpc) is 3.17. The standard InChI is InChI=1S/C26H21N3O/c1-17-9-5-6-12-19(17)24-25-21(20-13-7-8-14-22(20)28-25)15-23(29-24)26(30)27-16-18-10-3-2-4-11-18/h2-15,28H,16H2,1H3,(H,27,30). The van der Waals surface area contributed by atoms with E-state index in [1.807, 2.05) is 72.8 Å². The van der Waals surface area contributed by atoms with E-state index in [0.29, 0.717) is 12.2 Å². The van der Waals surface area contributed by atoms with E-state index >= 15 is 0 Å². The minimum atomic E-state index is -0.180. The van der Waals surface area contributed by atoms with E-state index in [2.05, 4.69) is 29.4 Å². The molecule has 1 amide bonds. The number of aromatic nitrogens is 2. The van der Waals surface area contributed by atoms with Crippen molar-refractivity contribution in [1.82, 2.24) is 15.3 Å². The number of pyridine rings is 1. The van der Waals surface area contributed by atoms with Gasteiger partial charge in [-0.2, -0.15) is 0 Å². The van der Waals surface area contributed by atoms with Crippen molar-refractivity contribution in [3.63, 3.8) is 0 Å². The number of nitrogens with zero attached hydrogens (tertiary/aromatic N) is 1. The summed E-state index contributed by atoms with van der Waals surface area (Å²) in [6, 6.07) is 28.0. The number of amides is 1. The van der Waals surface area contributed by atoms with Crippen molar-refractivity contribution in [2.45, 2.75) is 13.5 Å². The third-order valence-electron chi connectivity index (χ3n) is 5.43. The third kappa shape index (κ3) is 3.22. The van der Waals surface area contributed by atoms with E-state index in [-0.39, 0.29) is 5.91 Å². The lowest BCUT2D eigenvalue weighted by Crippen LogP contribution is -2.24. The first-order valence-corrected chi connectivity index (χ1v) is 10.0. The number of fused-ring (bicyclic) bond motifs is 3. The zero-order valence-electron chi connectivity index (χ0n) is 16.6. The summed E-state index contributed by atoms with van der Waals surface area (Å²) in [5, 5.41) is 5.09. The topological polar surface area (TPSA) is 57.8 Å². The highest BCUT2D eigenvalue weighted by atomic mass is 16.1. The highest BCUT2D eigenvalue weighted by molar-refractivity contribution is 6.13. The number of benzene rings is 3. The fourth-order valence-electron chi connectivity index (χ4n) is 3.86. The van der Waals surface area contributed by atoms with Crippen molar-refractivity contribution in [2.24, 2.45) is 0 Å². The number of H-pyrrole nitrogens is 1. The molecule has 0 fully saturated rings. The Labute approximate surface area is 174 Å². The lowest BCUT2D eigenvalue weighted by atomic mass is 10.0. The molecule has 0 aliphatic carbocycles. The molecule has 5 aromatic rings. The van der Waals surface area contributed by atoms with Gasteiger partial charge in [0.05, 0.1) is 11.2 Å². The highest BCUT2D eigenvalue weighted by Gasteiger charge is 2.17. The van der Waals surface area contributed by atoms with E-state index in [1.54, 1.807) is 0 Å². The number of para-hydroxylation sites is 1. The molecule has 0 unspecified atom stereocenters. The van der Waals surface area contributed by atoms with Crippen LogP contribution in [-0.2, 0) is 6.54 Å². The van der Waals surface area contributed by atoms with Gasteiger partial charge in [-0.1, -0.05) is 72.8 Å². The van der Waals surface area contributed by atoms with E-state index in [9.17, 15) is 4.79 Å². The minimum absolute atomic E-state index is 0.180. The van der Waals surface area contributed by atoms with Gasteiger partial charge < -0.3 is 10.3 Å². The number of aryl methyl sites for hydroxylation is 1. The number of hydrogen-bond acceptors (Lipinski definition) is 2. The molecule has 30 heavy (non-hydrogen) atoms. The van der Waals surface area contributed by atoms with Crippen LogP contribution in [0.25, 0.3) is 33.1 Å². The Balaban J connectivity index is 1.64. The van der Waals surface area contributed by atoms with Gasteiger partial charge in [-0.25, -0.2) is 4.98 Å². The van der Waals surface area contributed by atoms with Gasteiger partial charge in [-0.05, 0) is 30.2 Å². The molecule has 0 spiro atoms. The van der Waals surface area contributed by atoms with Gasteiger partial charge in [-0.3, -0.25) is 4.79 Å². The fourth-order valence-corrected chi connectivity index (χ4v) is 3.86. The number of nitrogens with one attached hydrogen (secondary N) is 2. The summed E-state index contributed by atoms with van der Waals surface area (Å²) in [6.45, 7) is 2.53. The van der Waals surface area contributed by atoms with Gasteiger partial charge in [0.15, 0.2) is 0 Å². The van der Waals surface area contributed by atoms with Crippen LogP contribution in [0.15, 0.2) is 84.9 Å². The molecule has 146 valence electrons. The van der Waals surface area contributed by atoms with Crippen molar-refractivity contribution < 1.29 is 4.79 Å². The molecule has 0 bridgehead atoms. The molecule has 0 aliphatic heterocycles. The molecule has 4 nitrogen and oxygen atoms in total. The molecule has 4 heteroatoms. The van der Waals surface area contributed by atoms with Crippen LogP contribution in [0, 0.1) is 6.92 Å². The second-order valence-corrected chi connectivity index (χ2v) is 7.43. The number of hydrogen-bond donors (Lipinski definition) is 2. The Morgan fingerprint density at radius 3 is 2.47 bits per heavy atom. The third-order valence-corrected chi connectivity index (χ3v) is 5.43. The second-order valence-electron chi connectivity index (χ2n) is 7.43. The van der Waals surface area contributed by atoms with Crippen molar-refractivity contribution in [3.8, 4) is 11.3 Å². The van der Waals surface area contributed by atoms with Crippen LogP contribution in [0.3, 0.4) is 0 Å². The first kappa shape index (κ1) is 18.1. The molecule has 0 saturated carbocycles. The first-order chi connectivity index (χ1) is 14.7. The number of carbonyl (C=O) groups is 1. The minimum Gasteiger partial charge on any atom is -0.353 e. The molecule has 2 heterocycles. The van der Waals surface area contributed by atoms with Crippen molar-refractivity contribution in [3.05, 3.63) is 102 Å². The van der Waals surface area contributed by atoms with Crippen LogP contribution < -0.4 is 5.32 Å². The molecule has 2 N–H and O–H groups in total. The SMILES string of the molecule is Cc1ccccc1-c1nc(C(=O)NCc2ccccc2)cc2c1[nH]c1ccccc12. The van der Waals surface area contributed by atoms with E-state index < -0.39 is 0 Å². The summed E-state index contributed by atoms with van der Waals surface area (Å²) in [6.07, 6.45) is 0. The monoisotopic (exact) mass is 391 g/mol. The van der Waals surface area contributed by atoms with Crippen molar-refractivity contribution >= 4 is 27.7 Å². The average molecular weight is 391 g/mol. The molecule has 0 atom stereocenters. The predicted octanol–water partition coefficient (Wildman–Crippen LogP) is 5.62. The predicted molar refractivity (Wildman–Crippen MR) is 121 cm³/mol. The van der Waals surface area contributed by atoms with Gasteiger partial charge in [-0.15, -0.1) is 0 Å². The van der Waals surface area contributed by atoms with E-state index in [4.69, 9.17) is 4.98 Å². The Hall–Kier alpha value is -3.92. The molecule has 3 aromatic carbocycles. The van der Waals surface area contributed by atoms with Crippen LogP contribution in [0.4, 0.5) is 0 Å². The van der Waals surface area contributed by atoms with E-state index in [1.165, 1.54) is 0 Å². The Morgan fingerprint density at radius 2 is 1.63 bits per heavy atom.